The van der Waals surface area contributed by atoms with E-state index >= 15 is 0 Å². The molecule has 17 heavy (non-hydrogen) atoms. The lowest BCUT2D eigenvalue weighted by atomic mass is 10.3. The Morgan fingerprint density at radius 3 is 2.41 bits per heavy atom. The third kappa shape index (κ3) is 4.19. The van der Waals surface area contributed by atoms with Gasteiger partial charge in [-0.3, -0.25) is 5.84 Å². The SMILES string of the molecule is CSC(C)CNS(=O)(=O)c1ccc(NN)cc1. The molecule has 0 aromatic heterocycles. The molecule has 4 N–H and O–H groups in total. The van der Waals surface area contributed by atoms with Crippen molar-refractivity contribution in [2.45, 2.75) is 17.1 Å². The van der Waals surface area contributed by atoms with Gasteiger partial charge >= 0.3 is 0 Å². The Labute approximate surface area is 106 Å². The molecule has 0 saturated heterocycles. The number of rotatable bonds is 6. The van der Waals surface area contributed by atoms with E-state index in [0.29, 0.717) is 12.2 Å². The van der Waals surface area contributed by atoms with Crippen LogP contribution in [0.25, 0.3) is 0 Å². The standard InChI is InChI=1S/C10H17N3O2S2/c1-8(16-2)7-12-17(14,15)10-5-3-9(13-11)4-6-10/h3-6,8,12-13H,7,11H2,1-2H3. The second-order valence-electron chi connectivity index (χ2n) is 3.57. The zero-order valence-electron chi connectivity index (χ0n) is 9.80. The van der Waals surface area contributed by atoms with Gasteiger partial charge in [0.1, 0.15) is 0 Å². The van der Waals surface area contributed by atoms with Crippen molar-refractivity contribution in [2.24, 2.45) is 5.84 Å². The molecule has 0 aliphatic rings. The van der Waals surface area contributed by atoms with E-state index in [1.54, 1.807) is 23.9 Å². The fourth-order valence-corrected chi connectivity index (χ4v) is 2.61. The van der Waals surface area contributed by atoms with Crippen LogP contribution in [0.5, 0.6) is 0 Å². The number of hydrogen-bond donors (Lipinski definition) is 3. The molecular weight excluding hydrogens is 258 g/mol. The van der Waals surface area contributed by atoms with Crippen LogP contribution in [-0.2, 0) is 10.0 Å². The van der Waals surface area contributed by atoms with E-state index in [2.05, 4.69) is 10.1 Å². The van der Waals surface area contributed by atoms with Gasteiger partial charge in [0, 0.05) is 17.5 Å². The average molecular weight is 275 g/mol. The van der Waals surface area contributed by atoms with E-state index in [9.17, 15) is 8.42 Å². The maximum Gasteiger partial charge on any atom is 0.240 e. The highest BCUT2D eigenvalue weighted by atomic mass is 32.2. The predicted octanol–water partition coefficient (Wildman–Crippen LogP) is 1.00. The van der Waals surface area contributed by atoms with Crippen LogP contribution in [0, 0.1) is 0 Å². The maximum atomic E-state index is 11.9. The van der Waals surface area contributed by atoms with Crippen molar-refractivity contribution in [3.8, 4) is 0 Å². The molecule has 1 atom stereocenters. The normalized spacial score (nSPS) is 13.4. The highest BCUT2D eigenvalue weighted by Crippen LogP contribution is 2.13. The van der Waals surface area contributed by atoms with Gasteiger partial charge in [-0.05, 0) is 30.5 Å². The summed E-state index contributed by atoms with van der Waals surface area (Å²) in [5.41, 5.74) is 3.11. The lowest BCUT2D eigenvalue weighted by molar-refractivity contribution is 0.581. The number of nitrogens with one attached hydrogen (secondary N) is 2. The number of nitrogens with two attached hydrogens (primary N) is 1. The third-order valence-electron chi connectivity index (χ3n) is 2.29. The number of sulfonamides is 1. The zero-order chi connectivity index (χ0) is 12.9. The van der Waals surface area contributed by atoms with E-state index in [1.165, 1.54) is 12.1 Å². The first-order valence-electron chi connectivity index (χ1n) is 5.08. The van der Waals surface area contributed by atoms with Crippen LogP contribution in [0.4, 0.5) is 5.69 Å². The summed E-state index contributed by atoms with van der Waals surface area (Å²) in [5.74, 6) is 5.21. The monoisotopic (exact) mass is 275 g/mol. The summed E-state index contributed by atoms with van der Waals surface area (Å²) in [5, 5.41) is 0.245. The van der Waals surface area contributed by atoms with Gasteiger partial charge in [-0.1, -0.05) is 6.92 Å². The molecule has 1 unspecified atom stereocenters. The van der Waals surface area contributed by atoms with Gasteiger partial charge in [0.05, 0.1) is 4.90 Å². The Kier molecular flexibility index (Phi) is 5.26. The van der Waals surface area contributed by atoms with Crippen molar-refractivity contribution in [1.82, 2.24) is 4.72 Å². The second-order valence-corrected chi connectivity index (χ2v) is 6.61. The van der Waals surface area contributed by atoms with E-state index in [1.807, 2.05) is 13.2 Å². The molecule has 0 radical (unpaired) electrons. The van der Waals surface area contributed by atoms with Crippen LogP contribution in [0.15, 0.2) is 29.2 Å². The molecule has 0 aliphatic heterocycles. The summed E-state index contributed by atoms with van der Waals surface area (Å²) < 4.78 is 26.3. The number of nitrogen functional groups attached to an aromatic ring is 1. The van der Waals surface area contributed by atoms with Crippen LogP contribution >= 0.6 is 11.8 Å². The van der Waals surface area contributed by atoms with E-state index in [4.69, 9.17) is 5.84 Å². The summed E-state index contributed by atoms with van der Waals surface area (Å²) in [7, 11) is -3.42. The first-order valence-corrected chi connectivity index (χ1v) is 7.86. The molecular formula is C10H17N3O2S2. The molecule has 7 heteroatoms. The molecule has 0 saturated carbocycles. The summed E-state index contributed by atoms with van der Waals surface area (Å²) >= 11 is 1.61. The number of thioether (sulfide) groups is 1. The van der Waals surface area contributed by atoms with Crippen LogP contribution in [0.2, 0.25) is 0 Å². The first-order chi connectivity index (χ1) is 7.99. The number of benzene rings is 1. The Bertz CT molecular complexity index is 445. The van der Waals surface area contributed by atoms with Crippen molar-refractivity contribution in [3.05, 3.63) is 24.3 Å². The molecule has 1 aromatic carbocycles. The molecule has 0 bridgehead atoms. The highest BCUT2D eigenvalue weighted by molar-refractivity contribution is 7.99. The Hall–Kier alpha value is -0.760. The van der Waals surface area contributed by atoms with Gasteiger partial charge in [-0.15, -0.1) is 0 Å². The zero-order valence-corrected chi connectivity index (χ0v) is 11.4. The van der Waals surface area contributed by atoms with E-state index in [0.717, 1.165) is 0 Å². The van der Waals surface area contributed by atoms with Crippen LogP contribution in [0.3, 0.4) is 0 Å². The largest absolute Gasteiger partial charge is 0.324 e. The first kappa shape index (κ1) is 14.3. The smallest absolute Gasteiger partial charge is 0.240 e. The van der Waals surface area contributed by atoms with Crippen molar-refractivity contribution < 1.29 is 8.42 Å². The Morgan fingerprint density at radius 2 is 1.94 bits per heavy atom. The molecule has 0 spiro atoms. The van der Waals surface area contributed by atoms with Gasteiger partial charge in [0.2, 0.25) is 10.0 Å². The second kappa shape index (κ2) is 6.25. The topological polar surface area (TPSA) is 84.2 Å². The van der Waals surface area contributed by atoms with Crippen LogP contribution in [0.1, 0.15) is 6.92 Å². The minimum Gasteiger partial charge on any atom is -0.324 e. The summed E-state index contributed by atoms with van der Waals surface area (Å²) in [6.45, 7) is 2.38. The van der Waals surface area contributed by atoms with Crippen LogP contribution in [-0.4, -0.2) is 26.5 Å². The number of hydrogen-bond acceptors (Lipinski definition) is 5. The summed E-state index contributed by atoms with van der Waals surface area (Å²) in [6.07, 6.45) is 1.95. The van der Waals surface area contributed by atoms with Crippen molar-refractivity contribution in [1.29, 1.82) is 0 Å². The van der Waals surface area contributed by atoms with Crippen molar-refractivity contribution >= 4 is 27.5 Å². The summed E-state index contributed by atoms with van der Waals surface area (Å²) in [4.78, 5) is 0.241. The number of anilines is 1. The lowest BCUT2D eigenvalue weighted by Gasteiger charge is -2.10. The van der Waals surface area contributed by atoms with Gasteiger partial charge < -0.3 is 5.43 Å². The Balaban J connectivity index is 2.75. The predicted molar refractivity (Wildman–Crippen MR) is 72.4 cm³/mol. The maximum absolute atomic E-state index is 11.9. The quantitative estimate of drug-likeness (QED) is 0.533. The van der Waals surface area contributed by atoms with Gasteiger partial charge in [-0.25, -0.2) is 13.1 Å². The molecule has 0 amide bonds. The molecule has 0 fully saturated rings. The minimum atomic E-state index is -3.42. The molecule has 96 valence electrons. The van der Waals surface area contributed by atoms with E-state index < -0.39 is 10.0 Å². The Morgan fingerprint density at radius 1 is 1.35 bits per heavy atom. The van der Waals surface area contributed by atoms with Crippen molar-refractivity contribution in [2.75, 3.05) is 18.2 Å². The fraction of sp³-hybridized carbons (Fsp3) is 0.400. The molecule has 1 aromatic rings. The molecule has 5 nitrogen and oxygen atoms in total. The molecule has 1 rings (SSSR count). The van der Waals surface area contributed by atoms with Gasteiger partial charge in [-0.2, -0.15) is 11.8 Å². The molecule has 0 aliphatic carbocycles. The molecule has 0 heterocycles. The average Bonchev–Trinajstić information content (AvgIpc) is 2.36. The summed E-state index contributed by atoms with van der Waals surface area (Å²) in [6, 6.07) is 6.27. The fourth-order valence-electron chi connectivity index (χ4n) is 1.12. The number of hydrazine groups is 1. The van der Waals surface area contributed by atoms with E-state index in [-0.39, 0.29) is 10.1 Å². The van der Waals surface area contributed by atoms with Crippen molar-refractivity contribution in [3.63, 3.8) is 0 Å². The van der Waals surface area contributed by atoms with Gasteiger partial charge in [0.15, 0.2) is 0 Å². The van der Waals surface area contributed by atoms with Crippen LogP contribution < -0.4 is 16.0 Å². The lowest BCUT2D eigenvalue weighted by Crippen LogP contribution is -2.29. The van der Waals surface area contributed by atoms with Gasteiger partial charge in [0.25, 0.3) is 0 Å². The minimum absolute atomic E-state index is 0.241. The third-order valence-corrected chi connectivity index (χ3v) is 4.71. The highest BCUT2D eigenvalue weighted by Gasteiger charge is 2.14.